The summed E-state index contributed by atoms with van der Waals surface area (Å²) in [5, 5.41) is 0. The zero-order valence-corrected chi connectivity index (χ0v) is 13.7. The van der Waals surface area contributed by atoms with Gasteiger partial charge in [0, 0.05) is 32.4 Å². The fraction of sp³-hybridized carbons (Fsp3) is 0.267. The van der Waals surface area contributed by atoms with Crippen molar-refractivity contribution in [2.75, 3.05) is 26.0 Å². The van der Waals surface area contributed by atoms with Gasteiger partial charge in [-0.1, -0.05) is 0 Å². The first-order valence-corrected chi connectivity index (χ1v) is 8.04. The maximum atomic E-state index is 12.3. The van der Waals surface area contributed by atoms with E-state index in [1.165, 1.54) is 37.4 Å². The molecule has 2 aromatic rings. The molecule has 1 amide bonds. The number of hydrogen-bond acceptors (Lipinski definition) is 4. The van der Waals surface area contributed by atoms with Crippen LogP contribution in [0.3, 0.4) is 0 Å². The molecule has 22 heavy (non-hydrogen) atoms. The van der Waals surface area contributed by atoms with E-state index in [2.05, 4.69) is 0 Å². The number of rotatable bonds is 4. The quantitative estimate of drug-likeness (QED) is 0.864. The first kappa shape index (κ1) is 16.3. The fourth-order valence-electron chi connectivity index (χ4n) is 1.91. The lowest BCUT2D eigenvalue weighted by molar-refractivity contribution is 0.0965. The fourth-order valence-corrected chi connectivity index (χ4v) is 2.82. The smallest absolute Gasteiger partial charge is 0.293 e. The molecule has 0 saturated carbocycles. The molecule has 0 atom stereocenters. The predicted molar refractivity (Wildman–Crippen MR) is 83.5 cm³/mol. The van der Waals surface area contributed by atoms with Crippen LogP contribution in [0.1, 0.15) is 16.1 Å². The normalized spacial score (nSPS) is 11.7. The lowest BCUT2D eigenvalue weighted by atomic mass is 10.2. The number of hydrogen-bond donors (Lipinski definition) is 0. The van der Waals surface area contributed by atoms with E-state index in [4.69, 9.17) is 4.42 Å². The molecule has 0 spiro atoms. The summed E-state index contributed by atoms with van der Waals surface area (Å²) < 4.78 is 30.3. The highest BCUT2D eigenvalue weighted by molar-refractivity contribution is 7.89. The van der Waals surface area contributed by atoms with Gasteiger partial charge in [-0.3, -0.25) is 4.79 Å². The summed E-state index contributed by atoms with van der Waals surface area (Å²) in [6.45, 7) is 1.79. The van der Waals surface area contributed by atoms with Gasteiger partial charge in [-0.05, 0) is 37.3 Å². The van der Waals surface area contributed by atoms with Gasteiger partial charge < -0.3 is 9.32 Å². The predicted octanol–water partition coefficient (Wildman–Crippen LogP) is 2.11. The minimum Gasteiger partial charge on any atom is -0.459 e. The molecule has 6 nitrogen and oxygen atoms in total. The lowest BCUT2D eigenvalue weighted by Gasteiger charge is -2.17. The highest BCUT2D eigenvalue weighted by Gasteiger charge is 2.20. The van der Waals surface area contributed by atoms with Crippen LogP contribution in [-0.4, -0.2) is 39.8 Å². The van der Waals surface area contributed by atoms with Crippen molar-refractivity contribution in [1.29, 1.82) is 0 Å². The summed E-state index contributed by atoms with van der Waals surface area (Å²) in [4.78, 5) is 13.9. The van der Waals surface area contributed by atoms with Crippen molar-refractivity contribution in [1.82, 2.24) is 4.31 Å². The lowest BCUT2D eigenvalue weighted by Crippen LogP contribution is -2.26. The zero-order chi connectivity index (χ0) is 16.5. The minimum absolute atomic E-state index is 0.177. The van der Waals surface area contributed by atoms with E-state index in [1.54, 1.807) is 32.2 Å². The Kier molecular flexibility index (Phi) is 4.39. The molecule has 0 aliphatic rings. The summed E-state index contributed by atoms with van der Waals surface area (Å²) in [6.07, 6.45) is 1.46. The van der Waals surface area contributed by atoms with E-state index in [-0.39, 0.29) is 16.6 Å². The Morgan fingerprint density at radius 3 is 2.09 bits per heavy atom. The van der Waals surface area contributed by atoms with Crippen LogP contribution < -0.4 is 4.90 Å². The molecule has 1 heterocycles. The van der Waals surface area contributed by atoms with Crippen LogP contribution >= 0.6 is 0 Å². The third-order valence-corrected chi connectivity index (χ3v) is 5.19. The van der Waals surface area contributed by atoms with Crippen LogP contribution in [0.25, 0.3) is 0 Å². The summed E-state index contributed by atoms with van der Waals surface area (Å²) in [5.74, 6) is -0.0155. The molecule has 0 unspecified atom stereocenters. The van der Waals surface area contributed by atoms with Crippen molar-refractivity contribution in [3.05, 3.63) is 47.9 Å². The van der Waals surface area contributed by atoms with Crippen molar-refractivity contribution in [3.8, 4) is 0 Å². The van der Waals surface area contributed by atoms with Crippen LogP contribution in [0.15, 0.2) is 45.9 Å². The van der Waals surface area contributed by atoms with E-state index in [1.807, 2.05) is 0 Å². The Morgan fingerprint density at radius 1 is 1.05 bits per heavy atom. The molecule has 0 bridgehead atoms. The van der Waals surface area contributed by atoms with Gasteiger partial charge >= 0.3 is 0 Å². The van der Waals surface area contributed by atoms with Gasteiger partial charge in [0.25, 0.3) is 5.91 Å². The Hall–Kier alpha value is -2.12. The summed E-state index contributed by atoms with van der Waals surface area (Å²) in [6, 6.07) is 7.85. The Labute approximate surface area is 130 Å². The second-order valence-electron chi connectivity index (χ2n) is 5.08. The number of sulfonamides is 1. The summed E-state index contributed by atoms with van der Waals surface area (Å²) in [5.41, 5.74) is 1.34. The third kappa shape index (κ3) is 2.90. The van der Waals surface area contributed by atoms with Gasteiger partial charge in [-0.25, -0.2) is 12.7 Å². The molecule has 7 heteroatoms. The van der Waals surface area contributed by atoms with Gasteiger partial charge in [0.2, 0.25) is 10.0 Å². The van der Waals surface area contributed by atoms with Gasteiger partial charge in [0.05, 0.1) is 11.2 Å². The van der Waals surface area contributed by atoms with Crippen LogP contribution in [-0.2, 0) is 10.0 Å². The molecule has 1 aromatic carbocycles. The highest BCUT2D eigenvalue weighted by Crippen LogP contribution is 2.21. The van der Waals surface area contributed by atoms with Gasteiger partial charge in [-0.2, -0.15) is 0 Å². The second-order valence-corrected chi connectivity index (χ2v) is 7.23. The number of anilines is 1. The maximum Gasteiger partial charge on any atom is 0.293 e. The van der Waals surface area contributed by atoms with Gasteiger partial charge in [0.15, 0.2) is 5.76 Å². The topological polar surface area (TPSA) is 70.8 Å². The number of furan rings is 1. The number of benzene rings is 1. The maximum absolute atomic E-state index is 12.3. The van der Waals surface area contributed by atoms with Crippen molar-refractivity contribution in [2.24, 2.45) is 0 Å². The van der Waals surface area contributed by atoms with Gasteiger partial charge in [0.1, 0.15) is 0 Å². The molecule has 0 aliphatic heterocycles. The molecular weight excluding hydrogens is 304 g/mol. The first-order chi connectivity index (χ1) is 10.2. The number of amides is 1. The molecule has 0 N–H and O–H groups in total. The molecular formula is C15H18N2O4S. The van der Waals surface area contributed by atoms with Crippen LogP contribution in [0.5, 0.6) is 0 Å². The Balaban J connectivity index is 2.28. The molecule has 1 aromatic heterocycles. The van der Waals surface area contributed by atoms with E-state index >= 15 is 0 Å². The third-order valence-electron chi connectivity index (χ3n) is 3.36. The van der Waals surface area contributed by atoms with Crippen molar-refractivity contribution >= 4 is 21.6 Å². The Bertz CT molecular complexity index is 776. The van der Waals surface area contributed by atoms with Gasteiger partial charge in [-0.15, -0.1) is 0 Å². The monoisotopic (exact) mass is 322 g/mol. The van der Waals surface area contributed by atoms with Crippen LogP contribution in [0.2, 0.25) is 0 Å². The number of aryl methyl sites for hydroxylation is 1. The molecule has 118 valence electrons. The van der Waals surface area contributed by atoms with E-state index in [0.29, 0.717) is 5.69 Å². The van der Waals surface area contributed by atoms with Crippen molar-refractivity contribution in [3.63, 3.8) is 0 Å². The molecule has 0 saturated heterocycles. The minimum atomic E-state index is -3.48. The van der Waals surface area contributed by atoms with E-state index in [0.717, 1.165) is 9.87 Å². The highest BCUT2D eigenvalue weighted by atomic mass is 32.2. The van der Waals surface area contributed by atoms with Crippen molar-refractivity contribution in [2.45, 2.75) is 11.8 Å². The first-order valence-electron chi connectivity index (χ1n) is 6.60. The summed E-state index contributed by atoms with van der Waals surface area (Å²) in [7, 11) is 1.07. The summed E-state index contributed by atoms with van der Waals surface area (Å²) >= 11 is 0. The molecule has 0 fully saturated rings. The van der Waals surface area contributed by atoms with Crippen LogP contribution in [0, 0.1) is 6.92 Å². The largest absolute Gasteiger partial charge is 0.459 e. The van der Waals surface area contributed by atoms with Crippen molar-refractivity contribution < 1.29 is 17.6 Å². The number of nitrogens with zero attached hydrogens (tertiary/aromatic N) is 2. The molecule has 0 radical (unpaired) electrons. The molecule has 0 aliphatic carbocycles. The SMILES string of the molecule is Cc1ccoc1C(=O)N(C)c1ccc(S(=O)(=O)N(C)C)cc1. The average Bonchev–Trinajstić information content (AvgIpc) is 2.91. The zero-order valence-electron chi connectivity index (χ0n) is 12.9. The number of carbonyl (C=O) groups excluding carboxylic acids is 1. The van der Waals surface area contributed by atoms with E-state index in [9.17, 15) is 13.2 Å². The number of carbonyl (C=O) groups is 1. The average molecular weight is 322 g/mol. The Morgan fingerprint density at radius 2 is 1.64 bits per heavy atom. The van der Waals surface area contributed by atoms with E-state index < -0.39 is 10.0 Å². The van der Waals surface area contributed by atoms with Crippen LogP contribution in [0.4, 0.5) is 5.69 Å². The molecule has 2 rings (SSSR count). The standard InChI is InChI=1S/C15H18N2O4S/c1-11-9-10-21-14(11)15(18)17(4)12-5-7-13(8-6-12)22(19,20)16(2)3/h5-10H,1-4H3. The second kappa shape index (κ2) is 5.94.